The number of hydrogen-bond donors (Lipinski definition) is 2. The lowest BCUT2D eigenvalue weighted by Gasteiger charge is -2.10. The molecule has 4 nitrogen and oxygen atoms in total. The number of aliphatic hydroxyl groups excluding tert-OH is 1. The molecule has 15 heavy (non-hydrogen) atoms. The number of aliphatic hydroxyl groups is 1. The standard InChI is InChI=1S/C11H19NO3/c1-9(5-6-13)12-7-10-3-4-11(15-10)8-14-2/h3-4,9,12-13H,5-8H2,1-2H3. The van der Waals surface area contributed by atoms with Crippen LogP contribution in [0, 0.1) is 0 Å². The highest BCUT2D eigenvalue weighted by molar-refractivity contribution is 5.06. The zero-order valence-corrected chi connectivity index (χ0v) is 9.32. The normalized spacial score (nSPS) is 13.0. The predicted octanol–water partition coefficient (Wildman–Crippen LogP) is 1.29. The molecule has 0 aliphatic carbocycles. The number of rotatable bonds is 7. The van der Waals surface area contributed by atoms with Crippen LogP contribution in [0.3, 0.4) is 0 Å². The van der Waals surface area contributed by atoms with Crippen molar-refractivity contribution in [3.63, 3.8) is 0 Å². The van der Waals surface area contributed by atoms with Crippen LogP contribution >= 0.6 is 0 Å². The lowest BCUT2D eigenvalue weighted by molar-refractivity contribution is 0.162. The molecule has 0 bridgehead atoms. The SMILES string of the molecule is COCc1ccc(CNC(C)CCO)o1. The van der Waals surface area contributed by atoms with E-state index in [4.69, 9.17) is 14.3 Å². The van der Waals surface area contributed by atoms with Gasteiger partial charge in [0.15, 0.2) is 0 Å². The van der Waals surface area contributed by atoms with Gasteiger partial charge >= 0.3 is 0 Å². The molecule has 0 saturated heterocycles. The van der Waals surface area contributed by atoms with Crippen molar-refractivity contribution in [3.05, 3.63) is 23.7 Å². The second kappa shape index (κ2) is 6.61. The third kappa shape index (κ3) is 4.46. The second-order valence-corrected chi connectivity index (χ2v) is 3.60. The molecule has 0 aliphatic heterocycles. The molecule has 0 saturated carbocycles. The van der Waals surface area contributed by atoms with E-state index in [0.717, 1.165) is 17.9 Å². The Morgan fingerprint density at radius 2 is 2.20 bits per heavy atom. The van der Waals surface area contributed by atoms with Crippen LogP contribution in [0.25, 0.3) is 0 Å². The molecule has 1 aromatic rings. The third-order valence-corrected chi connectivity index (χ3v) is 2.19. The Balaban J connectivity index is 2.30. The van der Waals surface area contributed by atoms with Crippen LogP contribution in [0.4, 0.5) is 0 Å². The van der Waals surface area contributed by atoms with Crippen molar-refractivity contribution in [1.82, 2.24) is 5.32 Å². The molecule has 1 unspecified atom stereocenters. The van der Waals surface area contributed by atoms with Crippen LogP contribution in [0.15, 0.2) is 16.5 Å². The molecule has 1 aromatic heterocycles. The Hall–Kier alpha value is -0.840. The first-order valence-corrected chi connectivity index (χ1v) is 5.17. The molecule has 0 spiro atoms. The van der Waals surface area contributed by atoms with E-state index in [1.807, 2.05) is 19.1 Å². The molecular formula is C11H19NO3. The number of nitrogens with one attached hydrogen (secondary N) is 1. The first kappa shape index (κ1) is 12.2. The molecule has 0 fully saturated rings. The number of furan rings is 1. The van der Waals surface area contributed by atoms with Gasteiger partial charge in [0, 0.05) is 19.8 Å². The quantitative estimate of drug-likeness (QED) is 0.716. The summed E-state index contributed by atoms with van der Waals surface area (Å²) in [5.41, 5.74) is 0. The fraction of sp³-hybridized carbons (Fsp3) is 0.636. The molecule has 2 N–H and O–H groups in total. The summed E-state index contributed by atoms with van der Waals surface area (Å²) in [6, 6.07) is 4.15. The van der Waals surface area contributed by atoms with Gasteiger partial charge in [-0.3, -0.25) is 0 Å². The molecule has 1 atom stereocenters. The molecule has 1 heterocycles. The van der Waals surface area contributed by atoms with Crippen LogP contribution < -0.4 is 5.32 Å². The van der Waals surface area contributed by atoms with E-state index < -0.39 is 0 Å². The summed E-state index contributed by atoms with van der Waals surface area (Å²) >= 11 is 0. The smallest absolute Gasteiger partial charge is 0.129 e. The first-order valence-electron chi connectivity index (χ1n) is 5.17. The Bertz CT molecular complexity index is 273. The lowest BCUT2D eigenvalue weighted by atomic mass is 10.2. The van der Waals surface area contributed by atoms with Gasteiger partial charge in [0.05, 0.1) is 6.54 Å². The zero-order valence-electron chi connectivity index (χ0n) is 9.32. The van der Waals surface area contributed by atoms with Gasteiger partial charge in [-0.15, -0.1) is 0 Å². The summed E-state index contributed by atoms with van der Waals surface area (Å²) in [5.74, 6) is 1.73. The van der Waals surface area contributed by atoms with Crippen molar-refractivity contribution < 1.29 is 14.3 Å². The molecule has 0 radical (unpaired) electrons. The Morgan fingerprint density at radius 1 is 1.47 bits per heavy atom. The molecule has 86 valence electrons. The van der Waals surface area contributed by atoms with Gasteiger partial charge in [-0.25, -0.2) is 0 Å². The van der Waals surface area contributed by atoms with Gasteiger partial charge in [0.25, 0.3) is 0 Å². The number of ether oxygens (including phenoxy) is 1. The average Bonchev–Trinajstić information content (AvgIpc) is 2.64. The maximum atomic E-state index is 8.73. The molecule has 0 amide bonds. The van der Waals surface area contributed by atoms with E-state index in [1.54, 1.807) is 7.11 Å². The van der Waals surface area contributed by atoms with Crippen molar-refractivity contribution in [1.29, 1.82) is 0 Å². The van der Waals surface area contributed by atoms with E-state index in [-0.39, 0.29) is 6.61 Å². The van der Waals surface area contributed by atoms with E-state index in [2.05, 4.69) is 5.32 Å². The highest BCUT2D eigenvalue weighted by Crippen LogP contribution is 2.08. The van der Waals surface area contributed by atoms with E-state index >= 15 is 0 Å². The van der Waals surface area contributed by atoms with Gasteiger partial charge in [-0.2, -0.15) is 0 Å². The highest BCUT2D eigenvalue weighted by atomic mass is 16.5. The third-order valence-electron chi connectivity index (χ3n) is 2.19. The number of methoxy groups -OCH3 is 1. The summed E-state index contributed by atoms with van der Waals surface area (Å²) in [6.45, 7) is 3.44. The monoisotopic (exact) mass is 213 g/mol. The second-order valence-electron chi connectivity index (χ2n) is 3.60. The maximum absolute atomic E-state index is 8.73. The van der Waals surface area contributed by atoms with Crippen molar-refractivity contribution in [2.45, 2.75) is 32.5 Å². The Morgan fingerprint density at radius 3 is 2.87 bits per heavy atom. The summed E-state index contributed by atoms with van der Waals surface area (Å²) in [6.07, 6.45) is 0.756. The predicted molar refractivity (Wildman–Crippen MR) is 57.4 cm³/mol. The minimum Gasteiger partial charge on any atom is -0.462 e. The summed E-state index contributed by atoms with van der Waals surface area (Å²) in [7, 11) is 1.64. The summed E-state index contributed by atoms with van der Waals surface area (Å²) < 4.78 is 10.5. The van der Waals surface area contributed by atoms with E-state index in [0.29, 0.717) is 19.2 Å². The summed E-state index contributed by atoms with van der Waals surface area (Å²) in [5, 5.41) is 12.0. The zero-order chi connectivity index (χ0) is 11.1. The van der Waals surface area contributed by atoms with Gasteiger partial charge in [0.2, 0.25) is 0 Å². The molecule has 4 heteroatoms. The van der Waals surface area contributed by atoms with Gasteiger partial charge in [0.1, 0.15) is 18.1 Å². The lowest BCUT2D eigenvalue weighted by Crippen LogP contribution is -2.26. The van der Waals surface area contributed by atoms with Gasteiger partial charge in [-0.1, -0.05) is 0 Å². The summed E-state index contributed by atoms with van der Waals surface area (Å²) in [4.78, 5) is 0. The fourth-order valence-electron chi connectivity index (χ4n) is 1.31. The molecule has 0 aromatic carbocycles. The van der Waals surface area contributed by atoms with E-state index in [9.17, 15) is 0 Å². The largest absolute Gasteiger partial charge is 0.462 e. The fourth-order valence-corrected chi connectivity index (χ4v) is 1.31. The van der Waals surface area contributed by atoms with Crippen LogP contribution in [-0.2, 0) is 17.9 Å². The van der Waals surface area contributed by atoms with Crippen LogP contribution in [0.2, 0.25) is 0 Å². The molecular weight excluding hydrogens is 194 g/mol. The molecule has 0 aliphatic rings. The maximum Gasteiger partial charge on any atom is 0.129 e. The van der Waals surface area contributed by atoms with Gasteiger partial charge in [-0.05, 0) is 25.5 Å². The topological polar surface area (TPSA) is 54.6 Å². The van der Waals surface area contributed by atoms with Crippen molar-refractivity contribution in [2.24, 2.45) is 0 Å². The van der Waals surface area contributed by atoms with Crippen molar-refractivity contribution in [2.75, 3.05) is 13.7 Å². The van der Waals surface area contributed by atoms with Crippen LogP contribution in [-0.4, -0.2) is 24.9 Å². The van der Waals surface area contributed by atoms with Crippen molar-refractivity contribution in [3.8, 4) is 0 Å². The molecule has 1 rings (SSSR count). The minimum atomic E-state index is 0.210. The van der Waals surface area contributed by atoms with Gasteiger partial charge < -0.3 is 19.6 Å². The average molecular weight is 213 g/mol. The highest BCUT2D eigenvalue weighted by Gasteiger charge is 2.04. The van der Waals surface area contributed by atoms with E-state index in [1.165, 1.54) is 0 Å². The van der Waals surface area contributed by atoms with Crippen molar-refractivity contribution >= 4 is 0 Å². The minimum absolute atomic E-state index is 0.210. The first-order chi connectivity index (χ1) is 7.26. The number of hydrogen-bond acceptors (Lipinski definition) is 4. The Kier molecular flexibility index (Phi) is 5.39. The van der Waals surface area contributed by atoms with Crippen LogP contribution in [0.5, 0.6) is 0 Å². The van der Waals surface area contributed by atoms with Crippen LogP contribution in [0.1, 0.15) is 24.9 Å². The Labute approximate surface area is 90.2 Å².